The van der Waals surface area contributed by atoms with E-state index in [0.29, 0.717) is 22.3 Å². The van der Waals surface area contributed by atoms with Crippen LogP contribution in [-0.2, 0) is 0 Å². The number of nitrogens with zero attached hydrogens (tertiary/aromatic N) is 3. The molecule has 0 amide bonds. The predicted octanol–water partition coefficient (Wildman–Crippen LogP) is 3.35. The highest BCUT2D eigenvalue weighted by atomic mass is 35.5. The Labute approximate surface area is 147 Å². The molecule has 3 rings (SSSR count). The molecule has 7 heteroatoms. The van der Waals surface area contributed by atoms with Crippen LogP contribution in [0.4, 0.5) is 23.0 Å². The summed E-state index contributed by atoms with van der Waals surface area (Å²) in [5, 5.41) is 7.20. The van der Waals surface area contributed by atoms with Crippen molar-refractivity contribution >= 4 is 34.6 Å². The lowest BCUT2D eigenvalue weighted by atomic mass is 10.1. The van der Waals surface area contributed by atoms with Gasteiger partial charge in [0.25, 0.3) is 0 Å². The standard InChI is InChI=1S/C17H23ClN6/c18-13-4-6-14(7-5-13)23-17-15(19)16(21-12-22-17)20-8-11-24-9-2-1-3-10-24/h4-7,12H,1-3,8-11,19H2,(H2,20,21,22,23). The SMILES string of the molecule is Nc1c(NCCN2CCCCC2)ncnc1Nc1ccc(Cl)cc1. The molecule has 0 aliphatic carbocycles. The van der Waals surface area contributed by atoms with Gasteiger partial charge in [-0.1, -0.05) is 18.0 Å². The Morgan fingerprint density at radius 1 is 1.04 bits per heavy atom. The average Bonchev–Trinajstić information content (AvgIpc) is 2.61. The maximum Gasteiger partial charge on any atom is 0.159 e. The van der Waals surface area contributed by atoms with Gasteiger partial charge in [-0.25, -0.2) is 9.97 Å². The van der Waals surface area contributed by atoms with Crippen molar-refractivity contribution in [3.63, 3.8) is 0 Å². The molecule has 1 aromatic heterocycles. The third kappa shape index (κ3) is 4.49. The second-order valence-electron chi connectivity index (χ2n) is 5.95. The summed E-state index contributed by atoms with van der Waals surface area (Å²) in [7, 11) is 0. The lowest BCUT2D eigenvalue weighted by molar-refractivity contribution is 0.237. The molecule has 1 fully saturated rings. The van der Waals surface area contributed by atoms with Crippen LogP contribution in [0.15, 0.2) is 30.6 Å². The molecular weight excluding hydrogens is 324 g/mol. The predicted molar refractivity (Wildman–Crippen MR) is 100.0 cm³/mol. The quantitative estimate of drug-likeness (QED) is 0.744. The van der Waals surface area contributed by atoms with Crippen LogP contribution in [0.2, 0.25) is 5.02 Å². The van der Waals surface area contributed by atoms with E-state index >= 15 is 0 Å². The third-order valence-electron chi connectivity index (χ3n) is 4.16. The highest BCUT2D eigenvalue weighted by molar-refractivity contribution is 6.30. The van der Waals surface area contributed by atoms with Gasteiger partial charge in [-0.3, -0.25) is 0 Å². The number of hydrogen-bond donors (Lipinski definition) is 3. The number of halogens is 1. The average molecular weight is 347 g/mol. The third-order valence-corrected chi connectivity index (χ3v) is 4.41. The van der Waals surface area contributed by atoms with Crippen LogP contribution in [0.5, 0.6) is 0 Å². The second-order valence-corrected chi connectivity index (χ2v) is 6.38. The summed E-state index contributed by atoms with van der Waals surface area (Å²) < 4.78 is 0. The van der Waals surface area contributed by atoms with Crippen molar-refractivity contribution in [2.24, 2.45) is 0 Å². The minimum Gasteiger partial charge on any atom is -0.393 e. The zero-order valence-corrected chi connectivity index (χ0v) is 14.4. The summed E-state index contributed by atoms with van der Waals surface area (Å²) in [4.78, 5) is 10.9. The fourth-order valence-corrected chi connectivity index (χ4v) is 2.95. The van der Waals surface area contributed by atoms with Gasteiger partial charge in [0.05, 0.1) is 0 Å². The molecule has 0 bridgehead atoms. The Kier molecular flexibility index (Phi) is 5.72. The summed E-state index contributed by atoms with van der Waals surface area (Å²) in [6, 6.07) is 7.40. The molecule has 0 saturated carbocycles. The minimum absolute atomic E-state index is 0.520. The molecule has 1 aliphatic heterocycles. The molecule has 4 N–H and O–H groups in total. The molecule has 2 aromatic rings. The molecule has 0 atom stereocenters. The molecular formula is C17H23ClN6. The van der Waals surface area contributed by atoms with Crippen LogP contribution in [-0.4, -0.2) is 41.0 Å². The molecule has 0 radical (unpaired) electrons. The number of anilines is 4. The minimum atomic E-state index is 0.520. The van der Waals surface area contributed by atoms with Gasteiger partial charge in [-0.15, -0.1) is 0 Å². The fraction of sp³-hybridized carbons (Fsp3) is 0.412. The molecule has 2 heterocycles. The number of nitrogen functional groups attached to an aromatic ring is 1. The van der Waals surface area contributed by atoms with Crippen molar-refractivity contribution in [3.8, 4) is 0 Å². The van der Waals surface area contributed by atoms with Gasteiger partial charge in [0, 0.05) is 23.8 Å². The number of aromatic nitrogens is 2. The number of likely N-dealkylation sites (tertiary alicyclic amines) is 1. The number of rotatable bonds is 6. The number of nitrogens with two attached hydrogens (primary N) is 1. The molecule has 1 saturated heterocycles. The van der Waals surface area contributed by atoms with E-state index < -0.39 is 0 Å². The van der Waals surface area contributed by atoms with Gasteiger partial charge in [-0.05, 0) is 50.2 Å². The first-order valence-corrected chi connectivity index (χ1v) is 8.69. The zero-order valence-electron chi connectivity index (χ0n) is 13.6. The summed E-state index contributed by atoms with van der Waals surface area (Å²) in [6.45, 7) is 4.19. The number of nitrogens with one attached hydrogen (secondary N) is 2. The Balaban J connectivity index is 1.59. The van der Waals surface area contributed by atoms with Crippen LogP contribution >= 0.6 is 11.6 Å². The Hall–Kier alpha value is -2.05. The van der Waals surface area contributed by atoms with Gasteiger partial charge in [-0.2, -0.15) is 0 Å². The van der Waals surface area contributed by atoms with Crippen LogP contribution in [0.1, 0.15) is 19.3 Å². The van der Waals surface area contributed by atoms with Crippen molar-refractivity contribution in [1.82, 2.24) is 14.9 Å². The molecule has 1 aliphatic rings. The zero-order chi connectivity index (χ0) is 16.8. The first-order valence-electron chi connectivity index (χ1n) is 8.31. The van der Waals surface area contributed by atoms with E-state index in [1.165, 1.54) is 38.7 Å². The summed E-state index contributed by atoms with van der Waals surface area (Å²) in [5.41, 5.74) is 7.59. The molecule has 0 unspecified atom stereocenters. The van der Waals surface area contributed by atoms with E-state index in [0.717, 1.165) is 18.8 Å². The first kappa shape index (κ1) is 16.8. The summed E-state index contributed by atoms with van der Waals surface area (Å²) in [5.74, 6) is 1.26. The van der Waals surface area contributed by atoms with Gasteiger partial charge in [0.15, 0.2) is 11.6 Å². The van der Waals surface area contributed by atoms with E-state index in [-0.39, 0.29) is 0 Å². The first-order chi connectivity index (χ1) is 11.7. The van der Waals surface area contributed by atoms with E-state index in [1.54, 1.807) is 0 Å². The molecule has 6 nitrogen and oxygen atoms in total. The number of piperidine rings is 1. The Morgan fingerprint density at radius 3 is 2.50 bits per heavy atom. The number of hydrogen-bond acceptors (Lipinski definition) is 6. The largest absolute Gasteiger partial charge is 0.393 e. The number of benzene rings is 1. The van der Waals surface area contributed by atoms with E-state index in [9.17, 15) is 0 Å². The molecule has 128 valence electrons. The van der Waals surface area contributed by atoms with E-state index in [1.807, 2.05) is 24.3 Å². The highest BCUT2D eigenvalue weighted by Crippen LogP contribution is 2.26. The second kappa shape index (κ2) is 8.17. The van der Waals surface area contributed by atoms with Crippen LogP contribution in [0, 0.1) is 0 Å². The molecule has 24 heavy (non-hydrogen) atoms. The van der Waals surface area contributed by atoms with Crippen molar-refractivity contribution < 1.29 is 0 Å². The highest BCUT2D eigenvalue weighted by Gasteiger charge is 2.11. The normalized spacial score (nSPS) is 15.2. The summed E-state index contributed by atoms with van der Waals surface area (Å²) >= 11 is 5.90. The lowest BCUT2D eigenvalue weighted by Crippen LogP contribution is -2.33. The Bertz CT molecular complexity index is 655. The maximum atomic E-state index is 6.19. The van der Waals surface area contributed by atoms with Crippen molar-refractivity contribution in [3.05, 3.63) is 35.6 Å². The Morgan fingerprint density at radius 2 is 1.75 bits per heavy atom. The molecule has 0 spiro atoms. The van der Waals surface area contributed by atoms with Gasteiger partial charge in [0.1, 0.15) is 12.0 Å². The smallest absolute Gasteiger partial charge is 0.159 e. The van der Waals surface area contributed by atoms with Gasteiger partial charge >= 0.3 is 0 Å². The van der Waals surface area contributed by atoms with Crippen molar-refractivity contribution in [2.45, 2.75) is 19.3 Å². The summed E-state index contributed by atoms with van der Waals surface area (Å²) in [6.07, 6.45) is 5.45. The van der Waals surface area contributed by atoms with Crippen molar-refractivity contribution in [1.29, 1.82) is 0 Å². The molecule has 1 aromatic carbocycles. The van der Waals surface area contributed by atoms with E-state index in [4.69, 9.17) is 17.3 Å². The van der Waals surface area contributed by atoms with Crippen LogP contribution in [0.3, 0.4) is 0 Å². The van der Waals surface area contributed by atoms with E-state index in [2.05, 4.69) is 25.5 Å². The topological polar surface area (TPSA) is 79.1 Å². The lowest BCUT2D eigenvalue weighted by Gasteiger charge is -2.26. The van der Waals surface area contributed by atoms with Crippen LogP contribution < -0.4 is 16.4 Å². The van der Waals surface area contributed by atoms with Crippen molar-refractivity contribution in [2.75, 3.05) is 42.5 Å². The maximum absolute atomic E-state index is 6.19. The van der Waals surface area contributed by atoms with Crippen LogP contribution in [0.25, 0.3) is 0 Å². The fourth-order valence-electron chi connectivity index (χ4n) is 2.82. The van der Waals surface area contributed by atoms with Gasteiger partial charge < -0.3 is 21.3 Å². The monoisotopic (exact) mass is 346 g/mol. The van der Waals surface area contributed by atoms with Gasteiger partial charge in [0.2, 0.25) is 0 Å².